The molecule has 0 fully saturated rings. The Morgan fingerprint density at radius 2 is 2.00 bits per heavy atom. The molecule has 0 aliphatic heterocycles. The smallest absolute Gasteiger partial charge is 0.222 e. The number of carbonyl (C=O) groups excluding carboxylic acids is 1. The van der Waals surface area contributed by atoms with Gasteiger partial charge in [-0.3, -0.25) is 4.79 Å². The molecule has 0 aromatic rings. The molecule has 1 amide bonds. The summed E-state index contributed by atoms with van der Waals surface area (Å²) in [5, 5.41) is 8.84. The molecular formula is C11H23NO3. The number of aliphatic hydroxyl groups is 1. The van der Waals surface area contributed by atoms with Gasteiger partial charge in [0, 0.05) is 26.1 Å². The minimum absolute atomic E-state index is 0.0176. The first kappa shape index (κ1) is 14.4. The van der Waals surface area contributed by atoms with Crippen molar-refractivity contribution in [1.82, 2.24) is 4.90 Å². The Bertz CT molecular complexity index is 183. The molecule has 0 heterocycles. The van der Waals surface area contributed by atoms with Gasteiger partial charge < -0.3 is 14.7 Å². The first-order chi connectivity index (χ1) is 7.02. The Labute approximate surface area is 92.2 Å². The number of amides is 1. The number of carbonyl (C=O) groups is 1. The highest BCUT2D eigenvalue weighted by Gasteiger charge is 2.16. The van der Waals surface area contributed by atoms with Crippen molar-refractivity contribution in [3.63, 3.8) is 0 Å². The number of ether oxygens (including phenoxy) is 1. The van der Waals surface area contributed by atoms with Crippen molar-refractivity contribution in [2.75, 3.05) is 20.3 Å². The average molecular weight is 217 g/mol. The molecule has 0 rings (SSSR count). The van der Waals surface area contributed by atoms with Gasteiger partial charge in [0.1, 0.15) is 0 Å². The van der Waals surface area contributed by atoms with E-state index in [9.17, 15) is 4.79 Å². The van der Waals surface area contributed by atoms with Crippen LogP contribution in [0.1, 0.15) is 33.6 Å². The molecule has 0 saturated heterocycles. The predicted molar refractivity (Wildman–Crippen MR) is 59.6 cm³/mol. The topological polar surface area (TPSA) is 49.8 Å². The van der Waals surface area contributed by atoms with Gasteiger partial charge in [0.05, 0.1) is 12.7 Å². The van der Waals surface area contributed by atoms with Crippen LogP contribution in [0.4, 0.5) is 0 Å². The second-order valence-electron chi connectivity index (χ2n) is 3.99. The van der Waals surface area contributed by atoms with E-state index in [-0.39, 0.29) is 24.7 Å². The van der Waals surface area contributed by atoms with Crippen molar-refractivity contribution in [2.24, 2.45) is 0 Å². The molecule has 4 heteroatoms. The van der Waals surface area contributed by atoms with Crippen LogP contribution in [0.15, 0.2) is 0 Å². The summed E-state index contributed by atoms with van der Waals surface area (Å²) in [5.41, 5.74) is 0. The minimum atomic E-state index is 0.0176. The van der Waals surface area contributed by atoms with Gasteiger partial charge in [0.15, 0.2) is 0 Å². The maximum Gasteiger partial charge on any atom is 0.222 e. The van der Waals surface area contributed by atoms with Crippen LogP contribution in [0.25, 0.3) is 0 Å². The van der Waals surface area contributed by atoms with E-state index in [1.54, 1.807) is 12.0 Å². The number of hydrogen-bond acceptors (Lipinski definition) is 3. The molecule has 0 spiro atoms. The molecular weight excluding hydrogens is 194 g/mol. The number of aliphatic hydroxyl groups excluding tert-OH is 1. The van der Waals surface area contributed by atoms with Gasteiger partial charge in [-0.1, -0.05) is 0 Å². The molecule has 0 aromatic carbocycles. The molecule has 0 aliphatic carbocycles. The number of methoxy groups -OCH3 is 1. The molecule has 0 aliphatic rings. The minimum Gasteiger partial charge on any atom is -0.395 e. The second kappa shape index (κ2) is 7.65. The van der Waals surface area contributed by atoms with Crippen LogP contribution in [0, 0.1) is 0 Å². The molecule has 0 saturated carbocycles. The summed E-state index contributed by atoms with van der Waals surface area (Å²) in [5.74, 6) is 0.0861. The molecule has 0 bridgehead atoms. The van der Waals surface area contributed by atoms with Gasteiger partial charge in [-0.2, -0.15) is 0 Å². The van der Waals surface area contributed by atoms with E-state index in [1.807, 2.05) is 20.8 Å². The fraction of sp³-hybridized carbons (Fsp3) is 0.909. The van der Waals surface area contributed by atoms with Crippen LogP contribution in [-0.4, -0.2) is 48.3 Å². The van der Waals surface area contributed by atoms with Crippen molar-refractivity contribution in [3.8, 4) is 0 Å². The summed E-state index contributed by atoms with van der Waals surface area (Å²) in [6, 6.07) is 0.141. The van der Waals surface area contributed by atoms with Gasteiger partial charge in [-0.15, -0.1) is 0 Å². The summed E-state index contributed by atoms with van der Waals surface area (Å²) in [6.45, 7) is 6.28. The summed E-state index contributed by atoms with van der Waals surface area (Å²) >= 11 is 0. The molecule has 4 nitrogen and oxygen atoms in total. The summed E-state index contributed by atoms with van der Waals surface area (Å²) in [4.78, 5) is 13.5. The lowest BCUT2D eigenvalue weighted by molar-refractivity contribution is -0.134. The molecule has 90 valence electrons. The SMILES string of the molecule is COC(C)CCC(=O)N(CCO)C(C)C. The highest BCUT2D eigenvalue weighted by atomic mass is 16.5. The first-order valence-corrected chi connectivity index (χ1v) is 5.46. The number of hydrogen-bond donors (Lipinski definition) is 1. The van der Waals surface area contributed by atoms with Gasteiger partial charge in [0.2, 0.25) is 5.91 Å². The Kier molecular flexibility index (Phi) is 7.34. The van der Waals surface area contributed by atoms with Gasteiger partial charge in [0.25, 0.3) is 0 Å². The van der Waals surface area contributed by atoms with E-state index in [0.717, 1.165) is 6.42 Å². The summed E-state index contributed by atoms with van der Waals surface area (Å²) < 4.78 is 5.08. The van der Waals surface area contributed by atoms with E-state index in [0.29, 0.717) is 13.0 Å². The number of nitrogens with zero attached hydrogens (tertiary/aromatic N) is 1. The van der Waals surface area contributed by atoms with Crippen LogP contribution >= 0.6 is 0 Å². The fourth-order valence-corrected chi connectivity index (χ4v) is 1.37. The molecule has 1 atom stereocenters. The van der Waals surface area contributed by atoms with Gasteiger partial charge in [-0.25, -0.2) is 0 Å². The Morgan fingerprint density at radius 3 is 2.40 bits per heavy atom. The molecule has 15 heavy (non-hydrogen) atoms. The van der Waals surface area contributed by atoms with Crippen molar-refractivity contribution in [1.29, 1.82) is 0 Å². The molecule has 1 unspecified atom stereocenters. The van der Waals surface area contributed by atoms with Crippen molar-refractivity contribution in [2.45, 2.75) is 45.8 Å². The Balaban J connectivity index is 4.03. The lowest BCUT2D eigenvalue weighted by Gasteiger charge is -2.26. The van der Waals surface area contributed by atoms with E-state index < -0.39 is 0 Å². The van der Waals surface area contributed by atoms with Crippen LogP contribution in [0.2, 0.25) is 0 Å². The third kappa shape index (κ3) is 5.74. The summed E-state index contributed by atoms with van der Waals surface area (Å²) in [7, 11) is 1.64. The lowest BCUT2D eigenvalue weighted by atomic mass is 10.2. The van der Waals surface area contributed by atoms with Crippen LogP contribution in [-0.2, 0) is 9.53 Å². The van der Waals surface area contributed by atoms with Gasteiger partial charge >= 0.3 is 0 Å². The monoisotopic (exact) mass is 217 g/mol. The van der Waals surface area contributed by atoms with Crippen LogP contribution in [0.3, 0.4) is 0 Å². The molecule has 0 aromatic heterocycles. The quantitative estimate of drug-likeness (QED) is 0.693. The highest BCUT2D eigenvalue weighted by molar-refractivity contribution is 5.76. The Morgan fingerprint density at radius 1 is 1.40 bits per heavy atom. The lowest BCUT2D eigenvalue weighted by Crippen LogP contribution is -2.39. The maximum atomic E-state index is 11.8. The third-order valence-corrected chi connectivity index (χ3v) is 2.45. The zero-order chi connectivity index (χ0) is 11.8. The second-order valence-corrected chi connectivity index (χ2v) is 3.99. The zero-order valence-corrected chi connectivity index (χ0v) is 10.2. The Hall–Kier alpha value is -0.610. The van der Waals surface area contributed by atoms with Crippen molar-refractivity contribution >= 4 is 5.91 Å². The zero-order valence-electron chi connectivity index (χ0n) is 10.2. The highest BCUT2D eigenvalue weighted by Crippen LogP contribution is 2.06. The summed E-state index contributed by atoms with van der Waals surface area (Å²) in [6.07, 6.45) is 1.31. The molecule has 0 radical (unpaired) electrons. The maximum absolute atomic E-state index is 11.8. The van der Waals surface area contributed by atoms with E-state index in [2.05, 4.69) is 0 Å². The normalized spacial score (nSPS) is 12.9. The standard InChI is InChI=1S/C11H23NO3/c1-9(2)12(7-8-13)11(14)6-5-10(3)15-4/h9-10,13H,5-8H2,1-4H3. The van der Waals surface area contributed by atoms with E-state index >= 15 is 0 Å². The van der Waals surface area contributed by atoms with Crippen LogP contribution < -0.4 is 0 Å². The van der Waals surface area contributed by atoms with E-state index in [4.69, 9.17) is 9.84 Å². The van der Waals surface area contributed by atoms with Gasteiger partial charge in [-0.05, 0) is 27.2 Å². The van der Waals surface area contributed by atoms with Crippen LogP contribution in [0.5, 0.6) is 0 Å². The van der Waals surface area contributed by atoms with Crippen molar-refractivity contribution < 1.29 is 14.6 Å². The largest absolute Gasteiger partial charge is 0.395 e. The first-order valence-electron chi connectivity index (χ1n) is 5.46. The third-order valence-electron chi connectivity index (χ3n) is 2.45. The predicted octanol–water partition coefficient (Wildman–Crippen LogP) is 1.03. The fourth-order valence-electron chi connectivity index (χ4n) is 1.37. The average Bonchev–Trinajstić information content (AvgIpc) is 2.21. The number of rotatable bonds is 7. The van der Waals surface area contributed by atoms with E-state index in [1.165, 1.54) is 0 Å². The molecule has 1 N–H and O–H groups in total. The van der Waals surface area contributed by atoms with Crippen molar-refractivity contribution in [3.05, 3.63) is 0 Å².